The van der Waals surface area contributed by atoms with Crippen molar-refractivity contribution in [2.24, 2.45) is 0 Å². The standard InChI is InChI=1S/C21H12Cl2O5S/c22-14-7-5-13(17(23)10-14)11-28-21(25)12-6-8-16-19(9-12)29(26,27)18-4-2-1-3-15(18)20(16)24/h1-10H,11H2. The summed E-state index contributed by atoms with van der Waals surface area (Å²) in [4.78, 5) is 24.8. The van der Waals surface area contributed by atoms with Crippen LogP contribution >= 0.6 is 23.2 Å². The molecule has 1 aliphatic heterocycles. The van der Waals surface area contributed by atoms with E-state index in [1.165, 1.54) is 36.4 Å². The number of halogens is 2. The molecule has 0 aliphatic carbocycles. The number of ether oxygens (including phenoxy) is 1. The first-order chi connectivity index (χ1) is 13.8. The third-order valence-corrected chi connectivity index (χ3v) is 6.99. The molecule has 5 nitrogen and oxygen atoms in total. The number of rotatable bonds is 3. The molecule has 0 fully saturated rings. The lowest BCUT2D eigenvalue weighted by molar-refractivity contribution is 0.0472. The molecule has 1 heterocycles. The highest BCUT2D eigenvalue weighted by atomic mass is 35.5. The molecule has 0 saturated heterocycles. The number of fused-ring (bicyclic) bond motifs is 2. The smallest absolute Gasteiger partial charge is 0.338 e. The molecule has 3 aromatic rings. The van der Waals surface area contributed by atoms with Crippen molar-refractivity contribution in [2.75, 3.05) is 0 Å². The second-order valence-electron chi connectivity index (χ2n) is 6.35. The van der Waals surface area contributed by atoms with Crippen LogP contribution in [0.25, 0.3) is 0 Å². The molecule has 1 aliphatic rings. The molecule has 4 rings (SSSR count). The second kappa shape index (κ2) is 7.30. The van der Waals surface area contributed by atoms with Gasteiger partial charge in [-0.15, -0.1) is 0 Å². The van der Waals surface area contributed by atoms with Crippen molar-refractivity contribution in [1.82, 2.24) is 0 Å². The molecule has 0 unspecified atom stereocenters. The third kappa shape index (κ3) is 3.44. The van der Waals surface area contributed by atoms with Gasteiger partial charge in [0.1, 0.15) is 6.61 Å². The van der Waals surface area contributed by atoms with Crippen LogP contribution < -0.4 is 0 Å². The van der Waals surface area contributed by atoms with Gasteiger partial charge in [0.2, 0.25) is 9.84 Å². The van der Waals surface area contributed by atoms with E-state index < -0.39 is 21.6 Å². The zero-order valence-electron chi connectivity index (χ0n) is 14.7. The zero-order chi connectivity index (χ0) is 20.8. The summed E-state index contributed by atoms with van der Waals surface area (Å²) in [5.41, 5.74) is 0.720. The Kier molecular flexibility index (Phi) is 4.94. The highest BCUT2D eigenvalue weighted by Gasteiger charge is 2.35. The highest BCUT2D eigenvalue weighted by Crippen LogP contribution is 2.35. The minimum Gasteiger partial charge on any atom is -0.457 e. The summed E-state index contributed by atoms with van der Waals surface area (Å²) >= 11 is 11.9. The Balaban J connectivity index is 1.65. The van der Waals surface area contributed by atoms with Gasteiger partial charge in [0.25, 0.3) is 0 Å². The molecule has 0 amide bonds. The average Bonchev–Trinajstić information content (AvgIpc) is 2.71. The first-order valence-corrected chi connectivity index (χ1v) is 10.7. The van der Waals surface area contributed by atoms with Crippen LogP contribution in [0.3, 0.4) is 0 Å². The number of ketones is 1. The second-order valence-corrected chi connectivity index (χ2v) is 9.08. The van der Waals surface area contributed by atoms with Gasteiger partial charge in [0, 0.05) is 26.7 Å². The fourth-order valence-corrected chi connectivity index (χ4v) is 5.22. The van der Waals surface area contributed by atoms with Crippen LogP contribution in [0.15, 0.2) is 70.5 Å². The Morgan fingerprint density at radius 1 is 0.897 bits per heavy atom. The van der Waals surface area contributed by atoms with Crippen LogP contribution in [-0.4, -0.2) is 20.2 Å². The third-order valence-electron chi connectivity index (χ3n) is 4.55. The van der Waals surface area contributed by atoms with Crippen LogP contribution in [0.1, 0.15) is 31.8 Å². The molecule has 0 atom stereocenters. The lowest BCUT2D eigenvalue weighted by atomic mass is 10.0. The normalized spacial score (nSPS) is 14.1. The number of esters is 1. The van der Waals surface area contributed by atoms with E-state index in [0.29, 0.717) is 15.6 Å². The van der Waals surface area contributed by atoms with Gasteiger partial charge in [-0.05, 0) is 42.5 Å². The van der Waals surface area contributed by atoms with E-state index in [-0.39, 0.29) is 33.1 Å². The van der Waals surface area contributed by atoms with Crippen LogP contribution in [0, 0.1) is 0 Å². The van der Waals surface area contributed by atoms with Crippen molar-refractivity contribution in [1.29, 1.82) is 0 Å². The van der Waals surface area contributed by atoms with Crippen LogP contribution in [0.2, 0.25) is 10.0 Å². The van der Waals surface area contributed by atoms with E-state index in [9.17, 15) is 18.0 Å². The van der Waals surface area contributed by atoms with Gasteiger partial charge in [0.15, 0.2) is 5.78 Å². The molecule has 0 radical (unpaired) electrons. The van der Waals surface area contributed by atoms with Gasteiger partial charge in [0.05, 0.1) is 15.4 Å². The predicted octanol–water partition coefficient (Wildman–Crippen LogP) is 4.73. The molecular weight excluding hydrogens is 435 g/mol. The van der Waals surface area contributed by atoms with Crippen molar-refractivity contribution in [3.63, 3.8) is 0 Å². The van der Waals surface area contributed by atoms with Gasteiger partial charge >= 0.3 is 5.97 Å². The summed E-state index contributed by atoms with van der Waals surface area (Å²) < 4.78 is 31.1. The maximum absolute atomic E-state index is 12.9. The number of carbonyl (C=O) groups is 2. The van der Waals surface area contributed by atoms with Crippen molar-refractivity contribution >= 4 is 44.8 Å². The van der Waals surface area contributed by atoms with Crippen molar-refractivity contribution < 1.29 is 22.7 Å². The largest absolute Gasteiger partial charge is 0.457 e. The van der Waals surface area contributed by atoms with Crippen molar-refractivity contribution in [2.45, 2.75) is 16.4 Å². The van der Waals surface area contributed by atoms with E-state index in [2.05, 4.69) is 0 Å². The summed E-state index contributed by atoms with van der Waals surface area (Å²) in [6, 6.07) is 14.6. The summed E-state index contributed by atoms with van der Waals surface area (Å²) in [5.74, 6) is -1.14. The number of benzene rings is 3. The van der Waals surface area contributed by atoms with Gasteiger partial charge in [-0.1, -0.05) is 41.4 Å². The monoisotopic (exact) mass is 446 g/mol. The number of hydrogen-bond donors (Lipinski definition) is 0. The van der Waals surface area contributed by atoms with Crippen molar-refractivity contribution in [3.8, 4) is 0 Å². The minimum absolute atomic E-state index is 0.0181. The Labute approximate surface area is 176 Å². The molecule has 0 spiro atoms. The molecule has 3 aromatic carbocycles. The summed E-state index contributed by atoms with van der Waals surface area (Å²) in [5, 5.41) is 0.801. The van der Waals surface area contributed by atoms with Crippen LogP contribution in [0.5, 0.6) is 0 Å². The SMILES string of the molecule is O=C(OCc1ccc(Cl)cc1Cl)c1ccc2c(c1)S(=O)(=O)c1ccccc1C2=O. The predicted molar refractivity (Wildman–Crippen MR) is 107 cm³/mol. The molecule has 0 aromatic heterocycles. The van der Waals surface area contributed by atoms with E-state index >= 15 is 0 Å². The summed E-state index contributed by atoms with van der Waals surface area (Å²) in [6.45, 7) is -0.111. The number of hydrogen-bond acceptors (Lipinski definition) is 5. The Morgan fingerprint density at radius 3 is 2.38 bits per heavy atom. The molecule has 8 heteroatoms. The quantitative estimate of drug-likeness (QED) is 0.425. The fraction of sp³-hybridized carbons (Fsp3) is 0.0476. The highest BCUT2D eigenvalue weighted by molar-refractivity contribution is 7.91. The minimum atomic E-state index is -3.93. The first-order valence-electron chi connectivity index (χ1n) is 8.43. The molecular formula is C21H12Cl2O5S. The lowest BCUT2D eigenvalue weighted by Crippen LogP contribution is -2.21. The van der Waals surface area contributed by atoms with E-state index in [0.717, 1.165) is 0 Å². The molecule has 0 N–H and O–H groups in total. The first kappa shape index (κ1) is 19.6. The Hall–Kier alpha value is -2.67. The fourth-order valence-electron chi connectivity index (χ4n) is 3.08. The van der Waals surface area contributed by atoms with Crippen LogP contribution in [-0.2, 0) is 21.2 Å². The van der Waals surface area contributed by atoms with Gasteiger partial charge in [-0.25, -0.2) is 13.2 Å². The lowest BCUT2D eigenvalue weighted by Gasteiger charge is -2.19. The molecule has 146 valence electrons. The number of sulfone groups is 1. The molecule has 0 saturated carbocycles. The topological polar surface area (TPSA) is 77.5 Å². The summed E-state index contributed by atoms with van der Waals surface area (Å²) in [6.07, 6.45) is 0. The molecule has 0 bridgehead atoms. The van der Waals surface area contributed by atoms with Crippen molar-refractivity contribution in [3.05, 3.63) is 93.0 Å². The maximum Gasteiger partial charge on any atom is 0.338 e. The Morgan fingerprint density at radius 2 is 1.62 bits per heavy atom. The van der Waals surface area contributed by atoms with Crippen LogP contribution in [0.4, 0.5) is 0 Å². The molecule has 29 heavy (non-hydrogen) atoms. The zero-order valence-corrected chi connectivity index (χ0v) is 17.0. The Bertz CT molecular complexity index is 1280. The summed E-state index contributed by atoms with van der Waals surface area (Å²) in [7, 11) is -3.93. The van der Waals surface area contributed by atoms with E-state index in [4.69, 9.17) is 27.9 Å². The van der Waals surface area contributed by atoms with E-state index in [1.54, 1.807) is 24.3 Å². The maximum atomic E-state index is 12.9. The van der Waals surface area contributed by atoms with Gasteiger partial charge in [-0.3, -0.25) is 4.79 Å². The average molecular weight is 447 g/mol. The van der Waals surface area contributed by atoms with Gasteiger partial charge < -0.3 is 4.74 Å². The van der Waals surface area contributed by atoms with Gasteiger partial charge in [-0.2, -0.15) is 0 Å². The number of carbonyl (C=O) groups excluding carboxylic acids is 2. The van der Waals surface area contributed by atoms with E-state index in [1.807, 2.05) is 0 Å².